The monoisotopic (exact) mass is 261 g/mol. The molecule has 1 saturated carbocycles. The first-order valence-electron chi connectivity index (χ1n) is 7.23. The number of rotatable bonds is 3. The number of aliphatic hydroxyl groups excluding tert-OH is 1. The van der Waals surface area contributed by atoms with Crippen molar-refractivity contribution in [1.82, 2.24) is 5.32 Å². The number of carbonyl (C=O) groups is 1. The number of hydrogen-bond donors (Lipinski definition) is 2. The molecule has 0 spiro atoms. The SMILES string of the molecule is Cc1ccccc1C(=O)NC(O)C1CCCCCC1. The standard InChI is InChI=1S/C16H23NO2/c1-12-8-6-7-11-14(12)16(19)17-15(18)13-9-4-2-3-5-10-13/h6-8,11,13,15,18H,2-5,9-10H2,1H3,(H,17,19). The number of benzene rings is 1. The van der Waals surface area contributed by atoms with E-state index in [1.54, 1.807) is 6.07 Å². The van der Waals surface area contributed by atoms with Crippen LogP contribution in [0.4, 0.5) is 0 Å². The second-order valence-electron chi connectivity index (χ2n) is 5.48. The van der Waals surface area contributed by atoms with Crippen LogP contribution in [0.3, 0.4) is 0 Å². The van der Waals surface area contributed by atoms with Gasteiger partial charge in [-0.05, 0) is 31.4 Å². The van der Waals surface area contributed by atoms with E-state index >= 15 is 0 Å². The summed E-state index contributed by atoms with van der Waals surface area (Å²) in [4.78, 5) is 12.1. The van der Waals surface area contributed by atoms with E-state index in [9.17, 15) is 9.90 Å². The van der Waals surface area contributed by atoms with Crippen molar-refractivity contribution < 1.29 is 9.90 Å². The summed E-state index contributed by atoms with van der Waals surface area (Å²) in [5, 5.41) is 12.9. The molecule has 0 heterocycles. The molecule has 0 saturated heterocycles. The van der Waals surface area contributed by atoms with Crippen molar-refractivity contribution in [3.05, 3.63) is 35.4 Å². The van der Waals surface area contributed by atoms with Gasteiger partial charge in [0, 0.05) is 11.5 Å². The van der Waals surface area contributed by atoms with E-state index in [1.165, 1.54) is 12.8 Å². The maximum absolute atomic E-state index is 12.1. The highest BCUT2D eigenvalue weighted by Crippen LogP contribution is 2.24. The van der Waals surface area contributed by atoms with Gasteiger partial charge in [-0.25, -0.2) is 0 Å². The Bertz CT molecular complexity index is 423. The third-order valence-electron chi connectivity index (χ3n) is 4.02. The Labute approximate surface area is 115 Å². The van der Waals surface area contributed by atoms with Crippen LogP contribution in [0.25, 0.3) is 0 Å². The minimum atomic E-state index is -0.717. The maximum Gasteiger partial charge on any atom is 0.253 e. The van der Waals surface area contributed by atoms with Crippen molar-refractivity contribution >= 4 is 5.91 Å². The van der Waals surface area contributed by atoms with E-state index in [0.29, 0.717) is 5.56 Å². The van der Waals surface area contributed by atoms with E-state index in [2.05, 4.69) is 5.32 Å². The molecule has 1 atom stereocenters. The number of aliphatic hydroxyl groups is 1. The van der Waals surface area contributed by atoms with Crippen molar-refractivity contribution in [2.45, 2.75) is 51.7 Å². The molecular weight excluding hydrogens is 238 g/mol. The Morgan fingerprint density at radius 1 is 1.21 bits per heavy atom. The van der Waals surface area contributed by atoms with Crippen LogP contribution in [0.5, 0.6) is 0 Å². The molecule has 2 rings (SSSR count). The Hall–Kier alpha value is -1.35. The summed E-state index contributed by atoms with van der Waals surface area (Å²) in [7, 11) is 0. The highest BCUT2D eigenvalue weighted by atomic mass is 16.3. The second-order valence-corrected chi connectivity index (χ2v) is 5.48. The van der Waals surface area contributed by atoms with E-state index in [-0.39, 0.29) is 11.8 Å². The average Bonchev–Trinajstić information content (AvgIpc) is 2.68. The van der Waals surface area contributed by atoms with Crippen LogP contribution < -0.4 is 5.32 Å². The zero-order valence-electron chi connectivity index (χ0n) is 11.6. The molecule has 1 unspecified atom stereocenters. The fraction of sp³-hybridized carbons (Fsp3) is 0.562. The van der Waals surface area contributed by atoms with Gasteiger partial charge in [0.1, 0.15) is 6.23 Å². The molecule has 0 bridgehead atoms. The van der Waals surface area contributed by atoms with Gasteiger partial charge in [-0.1, -0.05) is 43.9 Å². The summed E-state index contributed by atoms with van der Waals surface area (Å²) in [6, 6.07) is 7.46. The lowest BCUT2D eigenvalue weighted by Gasteiger charge is -2.22. The molecule has 1 aliphatic carbocycles. The zero-order valence-corrected chi connectivity index (χ0v) is 11.6. The minimum Gasteiger partial charge on any atom is -0.373 e. The van der Waals surface area contributed by atoms with Crippen LogP contribution in [0.1, 0.15) is 54.4 Å². The van der Waals surface area contributed by atoms with Crippen molar-refractivity contribution in [2.75, 3.05) is 0 Å². The zero-order chi connectivity index (χ0) is 13.7. The van der Waals surface area contributed by atoms with Crippen molar-refractivity contribution in [2.24, 2.45) is 5.92 Å². The van der Waals surface area contributed by atoms with Gasteiger partial charge in [-0.15, -0.1) is 0 Å². The number of aryl methyl sites for hydroxylation is 1. The molecule has 1 aromatic carbocycles. The first-order valence-corrected chi connectivity index (χ1v) is 7.23. The number of nitrogens with one attached hydrogen (secondary N) is 1. The van der Waals surface area contributed by atoms with Gasteiger partial charge in [0.2, 0.25) is 0 Å². The third-order valence-corrected chi connectivity index (χ3v) is 4.02. The van der Waals surface area contributed by atoms with Crippen molar-refractivity contribution in [3.8, 4) is 0 Å². The number of amides is 1. The Balaban J connectivity index is 1.96. The Kier molecular flexibility index (Phi) is 4.97. The van der Waals surface area contributed by atoms with Crippen molar-refractivity contribution in [3.63, 3.8) is 0 Å². The summed E-state index contributed by atoms with van der Waals surface area (Å²) in [5.41, 5.74) is 1.59. The van der Waals surface area contributed by atoms with E-state index in [4.69, 9.17) is 0 Å². The molecule has 19 heavy (non-hydrogen) atoms. The largest absolute Gasteiger partial charge is 0.373 e. The molecule has 2 N–H and O–H groups in total. The number of hydrogen-bond acceptors (Lipinski definition) is 2. The molecule has 1 amide bonds. The quantitative estimate of drug-likeness (QED) is 0.649. The van der Waals surface area contributed by atoms with Crippen LogP contribution in [-0.4, -0.2) is 17.2 Å². The first-order chi connectivity index (χ1) is 9.18. The second kappa shape index (κ2) is 6.71. The molecule has 0 aliphatic heterocycles. The molecule has 1 aromatic rings. The number of carbonyl (C=O) groups excluding carboxylic acids is 1. The van der Waals surface area contributed by atoms with Gasteiger partial charge >= 0.3 is 0 Å². The van der Waals surface area contributed by atoms with E-state index < -0.39 is 6.23 Å². The molecule has 0 radical (unpaired) electrons. The lowest BCUT2D eigenvalue weighted by Crippen LogP contribution is -2.40. The average molecular weight is 261 g/mol. The lowest BCUT2D eigenvalue weighted by molar-refractivity contribution is 0.0531. The highest BCUT2D eigenvalue weighted by Gasteiger charge is 2.22. The summed E-state index contributed by atoms with van der Waals surface area (Å²) in [5.74, 6) is 0.0327. The summed E-state index contributed by atoms with van der Waals surface area (Å²) < 4.78 is 0. The third kappa shape index (κ3) is 3.80. The van der Waals surface area contributed by atoms with Gasteiger partial charge in [0.05, 0.1) is 0 Å². The van der Waals surface area contributed by atoms with Crippen LogP contribution in [0.15, 0.2) is 24.3 Å². The topological polar surface area (TPSA) is 49.3 Å². The molecule has 1 aliphatic rings. The molecule has 104 valence electrons. The van der Waals surface area contributed by atoms with E-state index in [0.717, 1.165) is 31.2 Å². The van der Waals surface area contributed by atoms with Crippen LogP contribution in [0, 0.1) is 12.8 Å². The predicted molar refractivity (Wildman–Crippen MR) is 75.8 cm³/mol. The fourth-order valence-electron chi connectivity index (χ4n) is 2.78. The molecule has 3 nitrogen and oxygen atoms in total. The minimum absolute atomic E-state index is 0.171. The maximum atomic E-state index is 12.1. The predicted octanol–water partition coefficient (Wildman–Crippen LogP) is 3.01. The Morgan fingerprint density at radius 2 is 1.84 bits per heavy atom. The van der Waals surface area contributed by atoms with Crippen molar-refractivity contribution in [1.29, 1.82) is 0 Å². The molecular formula is C16H23NO2. The Morgan fingerprint density at radius 3 is 2.47 bits per heavy atom. The normalized spacial score (nSPS) is 18.6. The summed E-state index contributed by atoms with van der Waals surface area (Å²) in [6.07, 6.45) is 6.10. The van der Waals surface area contributed by atoms with Crippen LogP contribution >= 0.6 is 0 Å². The van der Waals surface area contributed by atoms with Gasteiger partial charge in [0.15, 0.2) is 0 Å². The molecule has 0 aromatic heterocycles. The van der Waals surface area contributed by atoms with Crippen LogP contribution in [0.2, 0.25) is 0 Å². The van der Waals surface area contributed by atoms with Gasteiger partial charge in [0.25, 0.3) is 5.91 Å². The van der Waals surface area contributed by atoms with E-state index in [1.807, 2.05) is 25.1 Å². The van der Waals surface area contributed by atoms with Gasteiger partial charge in [-0.2, -0.15) is 0 Å². The smallest absolute Gasteiger partial charge is 0.253 e. The fourth-order valence-corrected chi connectivity index (χ4v) is 2.78. The highest BCUT2D eigenvalue weighted by molar-refractivity contribution is 5.95. The molecule has 3 heteroatoms. The summed E-state index contributed by atoms with van der Waals surface area (Å²) >= 11 is 0. The van der Waals surface area contributed by atoms with Gasteiger partial charge in [-0.3, -0.25) is 4.79 Å². The van der Waals surface area contributed by atoms with Gasteiger partial charge < -0.3 is 10.4 Å². The first kappa shape index (κ1) is 14.1. The molecule has 1 fully saturated rings. The lowest BCUT2D eigenvalue weighted by atomic mass is 9.98. The van der Waals surface area contributed by atoms with Crippen LogP contribution in [-0.2, 0) is 0 Å². The summed E-state index contributed by atoms with van der Waals surface area (Å²) in [6.45, 7) is 1.91.